The molecule has 0 unspecified atom stereocenters. The van der Waals surface area contributed by atoms with E-state index in [0.717, 1.165) is 0 Å². The van der Waals surface area contributed by atoms with E-state index in [4.69, 9.17) is 16.6 Å². The number of guanidine groups is 1. The Morgan fingerprint density at radius 2 is 1.77 bits per heavy atom. The molecule has 14 nitrogen and oxygen atoms in total. The number of nitrogens with zero attached hydrogens (tertiary/aromatic N) is 1. The van der Waals surface area contributed by atoms with E-state index < -0.39 is 66.7 Å². The van der Waals surface area contributed by atoms with Crippen molar-refractivity contribution < 1.29 is 29.1 Å². The largest absolute Gasteiger partial charge is 0.481 e. The van der Waals surface area contributed by atoms with Gasteiger partial charge >= 0.3 is 5.97 Å². The van der Waals surface area contributed by atoms with Crippen LogP contribution in [0.4, 0.5) is 0 Å². The molecule has 2 heterocycles. The van der Waals surface area contributed by atoms with Gasteiger partial charge in [-0.15, -0.1) is 0 Å². The Kier molecular flexibility index (Phi) is 8.54. The number of nitrogens with two attached hydrogens (primary N) is 2. The lowest BCUT2D eigenvalue weighted by Crippen LogP contribution is -2.55. The van der Waals surface area contributed by atoms with E-state index >= 15 is 0 Å². The summed E-state index contributed by atoms with van der Waals surface area (Å²) in [5.74, 6) is -3.80. The molecular weight excluding hydrogens is 412 g/mol. The first-order valence-electron chi connectivity index (χ1n) is 9.84. The van der Waals surface area contributed by atoms with Crippen LogP contribution in [-0.2, 0) is 24.0 Å². The standard InChI is InChI=1S/C17H28N8O6/c18-17(19)20-3-1-2-9-14(29)22-7-12(26)24-11(5-13(27)28)16(31)23-8-4-10(21-6-8)15(30)25-9/h8-11,21H,1-7H2,(H,22,29)(H,23,31)(H,24,26)(H,25,30)(H,27,28)(H4,18,19,20)/t8-,9-,10+,11-/m0/s1. The van der Waals surface area contributed by atoms with Gasteiger partial charge in [-0.1, -0.05) is 0 Å². The molecule has 0 spiro atoms. The van der Waals surface area contributed by atoms with Crippen molar-refractivity contribution in [1.29, 1.82) is 0 Å². The highest BCUT2D eigenvalue weighted by Crippen LogP contribution is 2.10. The minimum absolute atomic E-state index is 0.0877. The first kappa shape index (κ1) is 23.9. The predicted octanol–water partition coefficient (Wildman–Crippen LogP) is -4.54. The zero-order chi connectivity index (χ0) is 23.0. The molecule has 2 aliphatic heterocycles. The molecule has 2 bridgehead atoms. The van der Waals surface area contributed by atoms with E-state index in [-0.39, 0.29) is 31.9 Å². The Morgan fingerprint density at radius 1 is 1.03 bits per heavy atom. The molecule has 0 aromatic carbocycles. The van der Waals surface area contributed by atoms with E-state index in [1.54, 1.807) is 0 Å². The van der Waals surface area contributed by atoms with Crippen molar-refractivity contribution in [3.8, 4) is 0 Å². The first-order valence-corrected chi connectivity index (χ1v) is 9.84. The molecule has 2 fully saturated rings. The predicted molar refractivity (Wildman–Crippen MR) is 107 cm³/mol. The number of hydrogen-bond acceptors (Lipinski definition) is 7. The summed E-state index contributed by atoms with van der Waals surface area (Å²) in [7, 11) is 0. The average molecular weight is 440 g/mol. The fraction of sp³-hybridized carbons (Fsp3) is 0.647. The lowest BCUT2D eigenvalue weighted by atomic mass is 10.1. The molecule has 0 aromatic rings. The fourth-order valence-corrected chi connectivity index (χ4v) is 3.31. The Bertz CT molecular complexity index is 753. The molecule has 0 saturated carbocycles. The second-order valence-corrected chi connectivity index (χ2v) is 7.35. The summed E-state index contributed by atoms with van der Waals surface area (Å²) >= 11 is 0. The number of carboxylic acid groups (broad SMARTS) is 1. The first-order chi connectivity index (χ1) is 14.7. The molecule has 31 heavy (non-hydrogen) atoms. The lowest BCUT2D eigenvalue weighted by molar-refractivity contribution is -0.141. The van der Waals surface area contributed by atoms with Crippen LogP contribution in [0.2, 0.25) is 0 Å². The van der Waals surface area contributed by atoms with Gasteiger partial charge in [0.2, 0.25) is 23.6 Å². The number of carboxylic acids is 1. The van der Waals surface area contributed by atoms with Crippen molar-refractivity contribution in [2.75, 3.05) is 19.6 Å². The van der Waals surface area contributed by atoms with Crippen LogP contribution in [0.25, 0.3) is 0 Å². The van der Waals surface area contributed by atoms with Crippen LogP contribution in [0.3, 0.4) is 0 Å². The quantitative estimate of drug-likeness (QED) is 0.113. The van der Waals surface area contributed by atoms with Crippen LogP contribution >= 0.6 is 0 Å². The molecule has 4 amide bonds. The number of hydrogen-bond donors (Lipinski definition) is 8. The van der Waals surface area contributed by atoms with Crippen molar-refractivity contribution >= 4 is 35.6 Å². The Balaban J connectivity index is 2.13. The molecule has 2 rings (SSSR count). The van der Waals surface area contributed by atoms with E-state index in [1.165, 1.54) is 0 Å². The van der Waals surface area contributed by atoms with Crippen LogP contribution < -0.4 is 38.1 Å². The van der Waals surface area contributed by atoms with Gasteiger partial charge in [-0.3, -0.25) is 29.0 Å². The number of carbonyl (C=O) groups excluding carboxylic acids is 4. The summed E-state index contributed by atoms with van der Waals surface area (Å²) in [6.45, 7) is 0.0433. The van der Waals surface area contributed by atoms with Gasteiger partial charge in [0.05, 0.1) is 19.0 Å². The number of rotatable bonds is 6. The molecule has 2 aliphatic rings. The fourth-order valence-electron chi connectivity index (χ4n) is 3.31. The van der Waals surface area contributed by atoms with Crippen LogP contribution in [0.15, 0.2) is 4.99 Å². The zero-order valence-electron chi connectivity index (χ0n) is 16.8. The zero-order valence-corrected chi connectivity index (χ0v) is 16.8. The smallest absolute Gasteiger partial charge is 0.305 e. The van der Waals surface area contributed by atoms with Gasteiger partial charge in [0.1, 0.15) is 12.1 Å². The molecule has 0 aliphatic carbocycles. The summed E-state index contributed by atoms with van der Waals surface area (Å²) in [5, 5.41) is 22.0. The topological polar surface area (TPSA) is 230 Å². The van der Waals surface area contributed by atoms with Crippen LogP contribution in [-0.4, -0.2) is 84.5 Å². The highest BCUT2D eigenvalue weighted by Gasteiger charge is 2.34. The third kappa shape index (κ3) is 7.73. The van der Waals surface area contributed by atoms with Crippen LogP contribution in [0, 0.1) is 0 Å². The Morgan fingerprint density at radius 3 is 2.45 bits per heavy atom. The van der Waals surface area contributed by atoms with Crippen LogP contribution in [0.5, 0.6) is 0 Å². The average Bonchev–Trinajstić information content (AvgIpc) is 3.15. The van der Waals surface area contributed by atoms with Gasteiger partial charge in [-0.25, -0.2) is 0 Å². The molecule has 0 aromatic heterocycles. The molecular formula is C17H28N8O6. The Hall–Kier alpha value is -3.42. The van der Waals surface area contributed by atoms with E-state index in [0.29, 0.717) is 6.42 Å². The van der Waals surface area contributed by atoms with Gasteiger partial charge in [0.15, 0.2) is 5.96 Å². The number of nitrogens with one attached hydrogen (secondary N) is 5. The molecule has 4 atom stereocenters. The van der Waals surface area contributed by atoms with E-state index in [9.17, 15) is 24.0 Å². The third-order valence-electron chi connectivity index (χ3n) is 4.83. The van der Waals surface area contributed by atoms with E-state index in [2.05, 4.69) is 31.6 Å². The van der Waals surface area contributed by atoms with Crippen molar-refractivity contribution in [3.63, 3.8) is 0 Å². The van der Waals surface area contributed by atoms with Gasteiger partial charge in [-0.05, 0) is 19.3 Å². The highest BCUT2D eigenvalue weighted by molar-refractivity contribution is 5.94. The minimum Gasteiger partial charge on any atom is -0.481 e. The summed E-state index contributed by atoms with van der Waals surface area (Å²) in [5.41, 5.74) is 10.5. The molecule has 10 N–H and O–H groups in total. The third-order valence-corrected chi connectivity index (χ3v) is 4.83. The van der Waals surface area contributed by atoms with Gasteiger partial charge in [-0.2, -0.15) is 0 Å². The summed E-state index contributed by atoms with van der Waals surface area (Å²) in [6.07, 6.45) is 0.251. The second-order valence-electron chi connectivity index (χ2n) is 7.35. The molecule has 14 heteroatoms. The van der Waals surface area contributed by atoms with E-state index in [1.807, 2.05) is 0 Å². The second kappa shape index (κ2) is 11.1. The summed E-state index contributed by atoms with van der Waals surface area (Å²) in [4.78, 5) is 64.6. The van der Waals surface area contributed by atoms with Crippen molar-refractivity contribution in [3.05, 3.63) is 0 Å². The molecule has 172 valence electrons. The Labute approximate surface area is 177 Å². The lowest BCUT2D eigenvalue weighted by Gasteiger charge is -2.23. The summed E-state index contributed by atoms with van der Waals surface area (Å²) in [6, 6.07) is -3.32. The van der Waals surface area contributed by atoms with Gasteiger partial charge < -0.3 is 43.2 Å². The SMILES string of the molecule is NC(N)=NCCC[C@@H]1NC(=O)[C@H]2C[C@@H](CN2)NC(=O)[C@H](CC(=O)O)NC(=O)CNC1=O. The minimum atomic E-state index is -1.31. The maximum absolute atomic E-state index is 12.6. The normalized spacial score (nSPS) is 27.2. The molecule has 2 saturated heterocycles. The number of aliphatic imine (C=N–C) groups is 1. The van der Waals surface area contributed by atoms with Gasteiger partial charge in [0.25, 0.3) is 0 Å². The highest BCUT2D eigenvalue weighted by atomic mass is 16.4. The van der Waals surface area contributed by atoms with Crippen molar-refractivity contribution in [2.24, 2.45) is 16.5 Å². The summed E-state index contributed by atoms with van der Waals surface area (Å²) < 4.78 is 0. The van der Waals surface area contributed by atoms with Gasteiger partial charge in [0, 0.05) is 19.1 Å². The maximum Gasteiger partial charge on any atom is 0.305 e. The van der Waals surface area contributed by atoms with Crippen molar-refractivity contribution in [1.82, 2.24) is 26.6 Å². The van der Waals surface area contributed by atoms with Crippen LogP contribution in [0.1, 0.15) is 25.7 Å². The van der Waals surface area contributed by atoms with Crippen molar-refractivity contribution in [2.45, 2.75) is 49.9 Å². The number of fused-ring (bicyclic) bond motifs is 2. The number of amides is 4. The number of aliphatic carboxylic acids is 1. The maximum atomic E-state index is 12.6. The monoisotopic (exact) mass is 440 g/mol. The number of carbonyl (C=O) groups is 5. The molecule has 0 radical (unpaired) electrons.